The van der Waals surface area contributed by atoms with Crippen LogP contribution in [0.25, 0.3) is 0 Å². The van der Waals surface area contributed by atoms with Gasteiger partial charge in [-0.1, -0.05) is 27.7 Å². The van der Waals surface area contributed by atoms with Crippen molar-refractivity contribution in [1.82, 2.24) is 0 Å². The van der Waals surface area contributed by atoms with Gasteiger partial charge in [-0.15, -0.1) is 0 Å². The third-order valence-electron chi connectivity index (χ3n) is 3.62. The highest BCUT2D eigenvalue weighted by atomic mass is 16.5. The molecule has 0 N–H and O–H groups in total. The predicted octanol–water partition coefficient (Wildman–Crippen LogP) is 2.97. The summed E-state index contributed by atoms with van der Waals surface area (Å²) in [7, 11) is 0. The second-order valence-electron chi connectivity index (χ2n) is 6.16. The van der Waals surface area contributed by atoms with E-state index < -0.39 is 0 Å². The molecular formula is C14H24O3. The van der Waals surface area contributed by atoms with Crippen LogP contribution in [-0.4, -0.2) is 17.9 Å². The van der Waals surface area contributed by atoms with E-state index in [9.17, 15) is 9.59 Å². The van der Waals surface area contributed by atoms with Crippen molar-refractivity contribution in [1.29, 1.82) is 0 Å². The SMILES string of the molecule is CC(=O)OC1CCCC(C(=O)C(C)(C)C)C1C. The van der Waals surface area contributed by atoms with Crippen molar-refractivity contribution in [3.05, 3.63) is 0 Å². The van der Waals surface area contributed by atoms with Gasteiger partial charge in [0.05, 0.1) is 0 Å². The van der Waals surface area contributed by atoms with Crippen molar-refractivity contribution < 1.29 is 14.3 Å². The van der Waals surface area contributed by atoms with Crippen molar-refractivity contribution in [2.45, 2.75) is 60.0 Å². The monoisotopic (exact) mass is 240 g/mol. The maximum Gasteiger partial charge on any atom is 0.302 e. The van der Waals surface area contributed by atoms with Gasteiger partial charge in [-0.2, -0.15) is 0 Å². The van der Waals surface area contributed by atoms with Gasteiger partial charge in [-0.25, -0.2) is 0 Å². The van der Waals surface area contributed by atoms with Crippen LogP contribution in [0, 0.1) is 17.3 Å². The summed E-state index contributed by atoms with van der Waals surface area (Å²) in [5, 5.41) is 0. The summed E-state index contributed by atoms with van der Waals surface area (Å²) >= 11 is 0. The van der Waals surface area contributed by atoms with Crippen molar-refractivity contribution >= 4 is 11.8 Å². The van der Waals surface area contributed by atoms with Crippen molar-refractivity contribution in [3.8, 4) is 0 Å². The van der Waals surface area contributed by atoms with Gasteiger partial charge in [-0.3, -0.25) is 9.59 Å². The second-order valence-corrected chi connectivity index (χ2v) is 6.16. The van der Waals surface area contributed by atoms with Gasteiger partial charge in [0.2, 0.25) is 0 Å². The molecule has 0 saturated heterocycles. The smallest absolute Gasteiger partial charge is 0.302 e. The van der Waals surface area contributed by atoms with Crippen LogP contribution >= 0.6 is 0 Å². The molecule has 3 unspecified atom stereocenters. The lowest BCUT2D eigenvalue weighted by Gasteiger charge is -2.37. The number of hydrogen-bond donors (Lipinski definition) is 0. The van der Waals surface area contributed by atoms with Gasteiger partial charge >= 0.3 is 5.97 Å². The van der Waals surface area contributed by atoms with Crippen LogP contribution in [-0.2, 0) is 14.3 Å². The Morgan fingerprint density at radius 1 is 1.18 bits per heavy atom. The van der Waals surface area contributed by atoms with Crippen LogP contribution in [0.2, 0.25) is 0 Å². The van der Waals surface area contributed by atoms with Crippen LogP contribution in [0.3, 0.4) is 0 Å². The normalized spacial score (nSPS) is 29.8. The fourth-order valence-corrected chi connectivity index (χ4v) is 2.63. The van der Waals surface area contributed by atoms with Crippen molar-refractivity contribution in [2.75, 3.05) is 0 Å². The third kappa shape index (κ3) is 3.55. The minimum absolute atomic E-state index is 0.0353. The molecule has 98 valence electrons. The van der Waals surface area contributed by atoms with E-state index in [0.717, 1.165) is 19.3 Å². The van der Waals surface area contributed by atoms with Gasteiger partial charge < -0.3 is 4.74 Å². The van der Waals surface area contributed by atoms with E-state index in [0.29, 0.717) is 5.78 Å². The van der Waals surface area contributed by atoms with Gasteiger partial charge in [0.1, 0.15) is 11.9 Å². The zero-order valence-electron chi connectivity index (χ0n) is 11.6. The van der Waals surface area contributed by atoms with E-state index in [-0.39, 0.29) is 29.3 Å². The summed E-state index contributed by atoms with van der Waals surface area (Å²) in [6.45, 7) is 9.33. The van der Waals surface area contributed by atoms with E-state index in [4.69, 9.17) is 4.74 Å². The molecule has 1 aliphatic rings. The minimum atomic E-state index is -0.308. The number of esters is 1. The fraction of sp³-hybridized carbons (Fsp3) is 0.857. The number of ketones is 1. The maximum absolute atomic E-state index is 12.3. The summed E-state index contributed by atoms with van der Waals surface area (Å²) < 4.78 is 5.31. The number of carbonyl (C=O) groups is 2. The Hall–Kier alpha value is -0.860. The molecule has 1 fully saturated rings. The number of carbonyl (C=O) groups excluding carboxylic acids is 2. The highest BCUT2D eigenvalue weighted by Crippen LogP contribution is 2.36. The van der Waals surface area contributed by atoms with E-state index in [1.54, 1.807) is 0 Å². The summed E-state index contributed by atoms with van der Waals surface area (Å²) in [5.41, 5.74) is -0.308. The zero-order chi connectivity index (χ0) is 13.2. The van der Waals surface area contributed by atoms with E-state index in [1.165, 1.54) is 6.92 Å². The van der Waals surface area contributed by atoms with E-state index in [1.807, 2.05) is 27.7 Å². The first kappa shape index (κ1) is 14.2. The molecule has 0 aliphatic heterocycles. The molecule has 0 bridgehead atoms. The van der Waals surface area contributed by atoms with Crippen LogP contribution in [0.4, 0.5) is 0 Å². The van der Waals surface area contributed by atoms with Crippen LogP contribution in [0.1, 0.15) is 53.9 Å². The fourth-order valence-electron chi connectivity index (χ4n) is 2.63. The molecule has 1 aliphatic carbocycles. The number of hydrogen-bond acceptors (Lipinski definition) is 3. The highest BCUT2D eigenvalue weighted by Gasteiger charge is 2.39. The molecule has 3 nitrogen and oxygen atoms in total. The molecule has 3 atom stereocenters. The zero-order valence-corrected chi connectivity index (χ0v) is 11.6. The standard InChI is InChI=1S/C14H24O3/c1-9-11(13(16)14(3,4)5)7-6-8-12(9)17-10(2)15/h9,11-12H,6-8H2,1-5H3. The molecule has 0 heterocycles. The molecule has 0 radical (unpaired) electrons. The molecular weight excluding hydrogens is 216 g/mol. The van der Waals surface area contributed by atoms with E-state index >= 15 is 0 Å². The minimum Gasteiger partial charge on any atom is -0.462 e. The first-order valence-electron chi connectivity index (χ1n) is 6.45. The predicted molar refractivity (Wildman–Crippen MR) is 66.5 cm³/mol. The molecule has 3 heteroatoms. The second kappa shape index (κ2) is 5.19. The molecule has 0 aromatic carbocycles. The Balaban J connectivity index is 2.74. The van der Waals surface area contributed by atoms with Gasteiger partial charge in [0.15, 0.2) is 0 Å². The molecule has 0 aromatic rings. The lowest BCUT2D eigenvalue weighted by atomic mass is 9.70. The van der Waals surface area contributed by atoms with E-state index in [2.05, 4.69) is 0 Å². The quantitative estimate of drug-likeness (QED) is 0.697. The molecule has 1 rings (SSSR count). The van der Waals surface area contributed by atoms with Gasteiger partial charge in [-0.05, 0) is 19.3 Å². The molecule has 17 heavy (non-hydrogen) atoms. The molecule has 0 amide bonds. The third-order valence-corrected chi connectivity index (χ3v) is 3.62. The summed E-state index contributed by atoms with van der Waals surface area (Å²) in [6.07, 6.45) is 2.69. The maximum atomic E-state index is 12.3. The largest absolute Gasteiger partial charge is 0.462 e. The van der Waals surface area contributed by atoms with Gasteiger partial charge in [0.25, 0.3) is 0 Å². The lowest BCUT2D eigenvalue weighted by molar-refractivity contribution is -0.155. The number of Topliss-reactive ketones (excluding diaryl/α,β-unsaturated/α-hetero) is 1. The summed E-state index contributed by atoms with van der Waals surface area (Å²) in [4.78, 5) is 23.3. The lowest BCUT2D eigenvalue weighted by Crippen LogP contribution is -2.41. The highest BCUT2D eigenvalue weighted by molar-refractivity contribution is 5.86. The Kier molecular flexibility index (Phi) is 4.34. The van der Waals surface area contributed by atoms with Crippen molar-refractivity contribution in [2.24, 2.45) is 17.3 Å². The van der Waals surface area contributed by atoms with Crippen LogP contribution in [0.15, 0.2) is 0 Å². The summed E-state index contributed by atoms with van der Waals surface area (Å²) in [6, 6.07) is 0. The number of ether oxygens (including phenoxy) is 1. The Labute approximate surface area is 104 Å². The van der Waals surface area contributed by atoms with Gasteiger partial charge in [0, 0.05) is 24.2 Å². The van der Waals surface area contributed by atoms with Crippen molar-refractivity contribution in [3.63, 3.8) is 0 Å². The average molecular weight is 240 g/mol. The average Bonchev–Trinajstić information content (AvgIpc) is 2.18. The Morgan fingerprint density at radius 2 is 1.76 bits per heavy atom. The first-order chi connectivity index (χ1) is 7.73. The number of rotatable bonds is 2. The Bertz CT molecular complexity index is 301. The first-order valence-corrected chi connectivity index (χ1v) is 6.45. The molecule has 0 aromatic heterocycles. The Morgan fingerprint density at radius 3 is 2.24 bits per heavy atom. The van der Waals surface area contributed by atoms with Crippen LogP contribution < -0.4 is 0 Å². The molecule has 1 saturated carbocycles. The topological polar surface area (TPSA) is 43.4 Å². The summed E-state index contributed by atoms with van der Waals surface area (Å²) in [5.74, 6) is 0.222. The van der Waals surface area contributed by atoms with Crippen LogP contribution in [0.5, 0.6) is 0 Å². The molecule has 0 spiro atoms.